The third kappa shape index (κ3) is 4.00. The maximum Gasteiger partial charge on any atom is 0.329 e. The Morgan fingerprint density at radius 1 is 1.41 bits per heavy atom. The molecule has 1 atom stereocenters. The van der Waals surface area contributed by atoms with Gasteiger partial charge in [-0.25, -0.2) is 4.79 Å². The summed E-state index contributed by atoms with van der Waals surface area (Å²) in [4.78, 5) is 22.8. The van der Waals surface area contributed by atoms with E-state index in [2.05, 4.69) is 5.32 Å². The molecule has 0 aliphatic carbocycles. The van der Waals surface area contributed by atoms with Crippen LogP contribution in [0.2, 0.25) is 0 Å². The quantitative estimate of drug-likeness (QED) is 0.760. The highest BCUT2D eigenvalue weighted by molar-refractivity contribution is 5.86. The van der Waals surface area contributed by atoms with Crippen LogP contribution in [-0.4, -0.2) is 35.7 Å². The summed E-state index contributed by atoms with van der Waals surface area (Å²) in [7, 11) is 0. The average molecular weight is 243 g/mol. The van der Waals surface area contributed by atoms with Crippen LogP contribution in [0.4, 0.5) is 0 Å². The fourth-order valence-electron chi connectivity index (χ4n) is 1.86. The fourth-order valence-corrected chi connectivity index (χ4v) is 1.86. The second-order valence-electron chi connectivity index (χ2n) is 4.80. The van der Waals surface area contributed by atoms with Gasteiger partial charge in [-0.1, -0.05) is 6.92 Å². The zero-order valence-corrected chi connectivity index (χ0v) is 10.5. The lowest BCUT2D eigenvalue weighted by Crippen LogP contribution is -2.52. The largest absolute Gasteiger partial charge is 0.480 e. The van der Waals surface area contributed by atoms with Gasteiger partial charge in [0.15, 0.2) is 0 Å². The van der Waals surface area contributed by atoms with Gasteiger partial charge < -0.3 is 15.2 Å². The molecule has 1 aliphatic rings. The molecule has 1 heterocycles. The normalized spacial score (nSPS) is 20.6. The van der Waals surface area contributed by atoms with Gasteiger partial charge in [0, 0.05) is 19.6 Å². The van der Waals surface area contributed by atoms with E-state index in [0.29, 0.717) is 32.0 Å². The van der Waals surface area contributed by atoms with E-state index >= 15 is 0 Å². The van der Waals surface area contributed by atoms with Crippen LogP contribution < -0.4 is 5.32 Å². The number of hydrogen-bond acceptors (Lipinski definition) is 3. The minimum Gasteiger partial charge on any atom is -0.480 e. The number of amides is 1. The Hall–Kier alpha value is -1.10. The first-order valence-corrected chi connectivity index (χ1v) is 6.10. The van der Waals surface area contributed by atoms with Crippen molar-refractivity contribution in [2.75, 3.05) is 13.2 Å². The molecule has 0 aromatic heterocycles. The summed E-state index contributed by atoms with van der Waals surface area (Å²) in [6.45, 7) is 4.68. The highest BCUT2D eigenvalue weighted by Crippen LogP contribution is 2.19. The molecule has 1 rings (SSSR count). The van der Waals surface area contributed by atoms with Crippen molar-refractivity contribution in [1.29, 1.82) is 0 Å². The first-order valence-electron chi connectivity index (χ1n) is 6.10. The lowest BCUT2D eigenvalue weighted by molar-refractivity contribution is -0.147. The third-order valence-corrected chi connectivity index (χ3v) is 3.41. The zero-order chi connectivity index (χ0) is 12.9. The standard InChI is InChI=1S/C12H21NO4/c1-3-12(2,11(15)16)13-10(14)8-9-4-6-17-7-5-9/h9H,3-8H2,1-2H3,(H,13,14)(H,15,16). The second kappa shape index (κ2) is 6.00. The number of carboxylic acids is 1. The molecule has 0 aromatic carbocycles. The highest BCUT2D eigenvalue weighted by atomic mass is 16.5. The smallest absolute Gasteiger partial charge is 0.329 e. The minimum absolute atomic E-state index is 0.177. The molecular weight excluding hydrogens is 222 g/mol. The number of nitrogens with one attached hydrogen (secondary N) is 1. The summed E-state index contributed by atoms with van der Waals surface area (Å²) in [5.41, 5.74) is -1.15. The maximum atomic E-state index is 11.8. The molecule has 0 aromatic rings. The summed E-state index contributed by atoms with van der Waals surface area (Å²) in [5, 5.41) is 11.7. The zero-order valence-electron chi connectivity index (χ0n) is 10.5. The van der Waals surface area contributed by atoms with Crippen LogP contribution >= 0.6 is 0 Å². The van der Waals surface area contributed by atoms with Crippen LogP contribution in [0.1, 0.15) is 39.5 Å². The molecule has 5 heteroatoms. The number of aliphatic carboxylic acids is 1. The van der Waals surface area contributed by atoms with Crippen molar-refractivity contribution < 1.29 is 19.4 Å². The van der Waals surface area contributed by atoms with E-state index in [4.69, 9.17) is 9.84 Å². The number of carbonyl (C=O) groups is 2. The van der Waals surface area contributed by atoms with Crippen molar-refractivity contribution in [3.8, 4) is 0 Å². The lowest BCUT2D eigenvalue weighted by atomic mass is 9.94. The Labute approximate surface area is 102 Å². The molecule has 2 N–H and O–H groups in total. The van der Waals surface area contributed by atoms with Crippen molar-refractivity contribution in [2.24, 2.45) is 5.92 Å². The Morgan fingerprint density at radius 2 is 2.00 bits per heavy atom. The van der Waals surface area contributed by atoms with Crippen molar-refractivity contribution in [2.45, 2.75) is 45.1 Å². The van der Waals surface area contributed by atoms with E-state index in [1.54, 1.807) is 6.92 Å². The van der Waals surface area contributed by atoms with Gasteiger partial charge in [0.1, 0.15) is 5.54 Å². The molecule has 0 saturated carbocycles. The number of rotatable bonds is 5. The summed E-state index contributed by atoms with van der Waals surface area (Å²) < 4.78 is 5.22. The monoisotopic (exact) mass is 243 g/mol. The second-order valence-corrected chi connectivity index (χ2v) is 4.80. The first-order chi connectivity index (χ1) is 7.98. The molecule has 98 valence electrons. The lowest BCUT2D eigenvalue weighted by Gasteiger charge is -2.27. The Morgan fingerprint density at radius 3 is 2.47 bits per heavy atom. The number of carboxylic acid groups (broad SMARTS) is 1. The number of ether oxygens (including phenoxy) is 1. The molecule has 1 aliphatic heterocycles. The minimum atomic E-state index is -1.15. The molecule has 1 fully saturated rings. The van der Waals surface area contributed by atoms with E-state index in [-0.39, 0.29) is 5.91 Å². The molecule has 1 amide bonds. The van der Waals surface area contributed by atoms with Gasteiger partial charge in [0.05, 0.1) is 0 Å². The molecule has 5 nitrogen and oxygen atoms in total. The van der Waals surface area contributed by atoms with Crippen LogP contribution in [0.3, 0.4) is 0 Å². The van der Waals surface area contributed by atoms with Crippen LogP contribution in [0.5, 0.6) is 0 Å². The van der Waals surface area contributed by atoms with E-state index in [1.807, 2.05) is 0 Å². The van der Waals surface area contributed by atoms with E-state index in [1.165, 1.54) is 6.92 Å². The molecule has 17 heavy (non-hydrogen) atoms. The molecule has 1 unspecified atom stereocenters. The van der Waals surface area contributed by atoms with Crippen molar-refractivity contribution in [3.05, 3.63) is 0 Å². The van der Waals surface area contributed by atoms with Crippen molar-refractivity contribution >= 4 is 11.9 Å². The Balaban J connectivity index is 2.44. The Bertz CT molecular complexity index is 286. The van der Waals surface area contributed by atoms with E-state index < -0.39 is 11.5 Å². The maximum absolute atomic E-state index is 11.8. The van der Waals surface area contributed by atoms with Gasteiger partial charge in [-0.3, -0.25) is 4.79 Å². The summed E-state index contributed by atoms with van der Waals surface area (Å²) in [5.74, 6) is -0.845. The molecule has 0 bridgehead atoms. The van der Waals surface area contributed by atoms with Gasteiger partial charge in [0.2, 0.25) is 5.91 Å². The molecule has 0 radical (unpaired) electrons. The molecule has 1 saturated heterocycles. The van der Waals surface area contributed by atoms with Crippen LogP contribution in [0.15, 0.2) is 0 Å². The fraction of sp³-hybridized carbons (Fsp3) is 0.833. The SMILES string of the molecule is CCC(C)(NC(=O)CC1CCOCC1)C(=O)O. The number of hydrogen-bond donors (Lipinski definition) is 2. The third-order valence-electron chi connectivity index (χ3n) is 3.41. The first kappa shape index (κ1) is 14.0. The van der Waals surface area contributed by atoms with Crippen LogP contribution in [-0.2, 0) is 14.3 Å². The summed E-state index contributed by atoms with van der Waals surface area (Å²) >= 11 is 0. The van der Waals surface area contributed by atoms with Crippen molar-refractivity contribution in [1.82, 2.24) is 5.32 Å². The van der Waals surface area contributed by atoms with Gasteiger partial charge in [-0.05, 0) is 32.1 Å². The van der Waals surface area contributed by atoms with Crippen molar-refractivity contribution in [3.63, 3.8) is 0 Å². The Kier molecular flexibility index (Phi) is 4.93. The van der Waals surface area contributed by atoms with Gasteiger partial charge >= 0.3 is 5.97 Å². The van der Waals surface area contributed by atoms with Gasteiger partial charge in [0.25, 0.3) is 0 Å². The molecule has 0 spiro atoms. The van der Waals surface area contributed by atoms with E-state index in [0.717, 1.165) is 12.8 Å². The molecular formula is C12H21NO4. The summed E-state index contributed by atoms with van der Waals surface area (Å²) in [6.07, 6.45) is 2.53. The summed E-state index contributed by atoms with van der Waals surface area (Å²) in [6, 6.07) is 0. The van der Waals surface area contributed by atoms with Gasteiger partial charge in [-0.2, -0.15) is 0 Å². The van der Waals surface area contributed by atoms with E-state index in [9.17, 15) is 9.59 Å². The number of carbonyl (C=O) groups excluding carboxylic acids is 1. The van der Waals surface area contributed by atoms with Crippen LogP contribution in [0, 0.1) is 5.92 Å². The highest BCUT2D eigenvalue weighted by Gasteiger charge is 2.33. The predicted molar refractivity (Wildman–Crippen MR) is 62.6 cm³/mol. The predicted octanol–water partition coefficient (Wildman–Crippen LogP) is 1.17. The topological polar surface area (TPSA) is 75.6 Å². The van der Waals surface area contributed by atoms with Crippen LogP contribution in [0.25, 0.3) is 0 Å². The average Bonchev–Trinajstić information content (AvgIpc) is 2.29. The van der Waals surface area contributed by atoms with Gasteiger partial charge in [-0.15, -0.1) is 0 Å².